The highest BCUT2D eigenvalue weighted by atomic mass is 19.4. The van der Waals surface area contributed by atoms with Gasteiger partial charge >= 0.3 is 12.2 Å². The quantitative estimate of drug-likeness (QED) is 0.301. The minimum atomic E-state index is -5.05. The second kappa shape index (κ2) is 10.5. The zero-order valence-corrected chi connectivity index (χ0v) is 25.2. The molecule has 5 aliphatic rings. The third-order valence-corrected chi connectivity index (χ3v) is 10.4. The van der Waals surface area contributed by atoms with Gasteiger partial charge in [0.15, 0.2) is 5.82 Å². The molecule has 5 aliphatic heterocycles. The Morgan fingerprint density at radius 1 is 1.09 bits per heavy atom. The summed E-state index contributed by atoms with van der Waals surface area (Å²) in [4.78, 5) is 17.6. The van der Waals surface area contributed by atoms with E-state index in [4.69, 9.17) is 20.2 Å². The number of hydrogen-bond donors (Lipinski definition) is 2. The van der Waals surface area contributed by atoms with Crippen LogP contribution in [0.4, 0.5) is 37.8 Å². The van der Waals surface area contributed by atoms with Crippen molar-refractivity contribution >= 4 is 22.4 Å². The van der Waals surface area contributed by atoms with E-state index >= 15 is 4.39 Å². The van der Waals surface area contributed by atoms with Crippen LogP contribution in [0.25, 0.3) is 22.2 Å². The maximum absolute atomic E-state index is 16.7. The first kappa shape index (κ1) is 29.8. The van der Waals surface area contributed by atoms with Crippen molar-refractivity contribution < 1.29 is 35.8 Å². The van der Waals surface area contributed by atoms with Crippen LogP contribution in [0.3, 0.4) is 0 Å². The van der Waals surface area contributed by atoms with Crippen LogP contribution in [-0.2, 0) is 6.18 Å². The van der Waals surface area contributed by atoms with Gasteiger partial charge in [-0.3, -0.25) is 4.90 Å². The fraction of sp³-hybridized carbons (Fsp3) is 0.581. The van der Waals surface area contributed by atoms with E-state index < -0.39 is 58.2 Å². The van der Waals surface area contributed by atoms with Gasteiger partial charge in [-0.05, 0) is 57.6 Å². The Kier molecular flexibility index (Phi) is 6.77. The molecule has 15 heteroatoms. The number of rotatable bonds is 4. The van der Waals surface area contributed by atoms with Gasteiger partial charge in [0.25, 0.3) is 0 Å². The van der Waals surface area contributed by atoms with E-state index in [-0.39, 0.29) is 59.6 Å². The molecule has 46 heavy (non-hydrogen) atoms. The topological polar surface area (TPSA) is 102 Å². The zero-order chi connectivity index (χ0) is 32.2. The van der Waals surface area contributed by atoms with E-state index in [9.17, 15) is 22.0 Å². The third kappa shape index (κ3) is 4.55. The third-order valence-electron chi connectivity index (χ3n) is 10.4. The first-order valence-corrected chi connectivity index (χ1v) is 15.7. The van der Waals surface area contributed by atoms with Crippen LogP contribution in [0.5, 0.6) is 11.9 Å². The number of fused-ring (bicyclic) bond motifs is 6. The van der Waals surface area contributed by atoms with Crippen molar-refractivity contribution in [2.45, 2.75) is 94.6 Å². The molecule has 0 unspecified atom stereocenters. The summed E-state index contributed by atoms with van der Waals surface area (Å²) in [5.41, 5.74) is 1.22. The van der Waals surface area contributed by atoms with Crippen molar-refractivity contribution in [3.63, 3.8) is 0 Å². The van der Waals surface area contributed by atoms with Crippen molar-refractivity contribution in [1.29, 1.82) is 0 Å². The number of nitrogens with zero attached hydrogens (tertiary/aromatic N) is 5. The summed E-state index contributed by atoms with van der Waals surface area (Å²) >= 11 is 0. The highest BCUT2D eigenvalue weighted by molar-refractivity contribution is 5.97. The molecule has 0 aliphatic carbocycles. The molecule has 7 atom stereocenters. The summed E-state index contributed by atoms with van der Waals surface area (Å²) < 4.78 is 101. The number of benzene rings is 1. The van der Waals surface area contributed by atoms with Gasteiger partial charge in [0.2, 0.25) is 5.88 Å². The molecular formula is C31H33F6N7O2. The molecule has 8 rings (SSSR count). The number of nitrogens with two attached hydrogens (primary N) is 1. The van der Waals surface area contributed by atoms with Crippen LogP contribution in [0, 0.1) is 18.6 Å². The predicted octanol–water partition coefficient (Wildman–Crippen LogP) is 4.92. The highest BCUT2D eigenvalue weighted by Gasteiger charge is 2.48. The van der Waals surface area contributed by atoms with Gasteiger partial charge in [-0.15, -0.1) is 0 Å². The second-order valence-electron chi connectivity index (χ2n) is 13.2. The monoisotopic (exact) mass is 649 g/mol. The van der Waals surface area contributed by atoms with Gasteiger partial charge in [-0.25, -0.2) is 18.2 Å². The van der Waals surface area contributed by atoms with Crippen LogP contribution >= 0.6 is 0 Å². The smallest absolute Gasteiger partial charge is 0.417 e. The molecule has 1 aromatic carbocycles. The normalized spacial score (nSPS) is 30.3. The average molecular weight is 650 g/mol. The predicted molar refractivity (Wildman–Crippen MR) is 157 cm³/mol. The Morgan fingerprint density at radius 2 is 1.89 bits per heavy atom. The van der Waals surface area contributed by atoms with Crippen LogP contribution in [-0.4, -0.2) is 82.0 Å². The fourth-order valence-electron chi connectivity index (χ4n) is 8.42. The van der Waals surface area contributed by atoms with Crippen molar-refractivity contribution in [3.05, 3.63) is 28.8 Å². The van der Waals surface area contributed by atoms with Gasteiger partial charge < -0.3 is 25.4 Å². The zero-order valence-electron chi connectivity index (χ0n) is 25.2. The molecule has 0 saturated carbocycles. The molecule has 0 spiro atoms. The molecule has 0 amide bonds. The molecule has 246 valence electrons. The summed E-state index contributed by atoms with van der Waals surface area (Å²) in [6.45, 7) is 3.76. The van der Waals surface area contributed by atoms with Gasteiger partial charge in [-0.2, -0.15) is 23.1 Å². The first-order valence-electron chi connectivity index (χ1n) is 15.7. The lowest BCUT2D eigenvalue weighted by atomic mass is 9.96. The SMILES string of the molecule is Cc1c(F)c(N)cc(-c2nc3c4c(nc(OC[C@@H]5CC[C@H]6C[C@@H](F)CN56)nc4c2F)N2C[C@H]4CC[C@H](N4)[C@H]2[C@H](C)O3)c1C(F)(F)F. The van der Waals surface area contributed by atoms with Gasteiger partial charge in [0, 0.05) is 42.8 Å². The molecule has 2 aromatic heterocycles. The Bertz CT molecular complexity index is 1740. The molecule has 0 radical (unpaired) electrons. The molecule has 9 nitrogen and oxygen atoms in total. The number of pyridine rings is 1. The van der Waals surface area contributed by atoms with Gasteiger partial charge in [0.1, 0.15) is 47.1 Å². The standard InChI is InChI=1S/C31H33F6N7O2/c1-12-22(31(35,36)37)18(8-19(38)23(12)33)25-24(34)26-21-28(42-30(41-26)45-11-17-5-4-16-7-14(32)9-43(16)17)44-10-15-3-6-20(39-15)27(44)13(2)46-29(21)40-25/h8,13-17,20,27,39H,3-7,9-11,38H2,1-2H3/t13-,14+,15+,16-,17-,20-,27+/m0/s1. The number of nitrogen functional groups attached to an aromatic ring is 1. The Labute approximate surface area is 260 Å². The lowest BCUT2D eigenvalue weighted by molar-refractivity contribution is -0.137. The molecule has 4 saturated heterocycles. The van der Waals surface area contributed by atoms with Crippen LogP contribution in [0.15, 0.2) is 6.07 Å². The van der Waals surface area contributed by atoms with Crippen molar-refractivity contribution in [2.75, 3.05) is 30.3 Å². The maximum Gasteiger partial charge on any atom is 0.417 e. The second-order valence-corrected chi connectivity index (χ2v) is 13.2. The van der Waals surface area contributed by atoms with Crippen molar-refractivity contribution in [2.24, 2.45) is 0 Å². The molecule has 3 aromatic rings. The van der Waals surface area contributed by atoms with Crippen molar-refractivity contribution in [1.82, 2.24) is 25.2 Å². The van der Waals surface area contributed by atoms with Crippen LogP contribution in [0.2, 0.25) is 0 Å². The first-order chi connectivity index (χ1) is 21.9. The van der Waals surface area contributed by atoms with E-state index in [1.165, 1.54) is 0 Å². The van der Waals surface area contributed by atoms with E-state index in [1.807, 2.05) is 11.8 Å². The number of ether oxygens (including phenoxy) is 2. The molecular weight excluding hydrogens is 616 g/mol. The minimum absolute atomic E-state index is 0.0253. The van der Waals surface area contributed by atoms with Gasteiger partial charge in [-0.1, -0.05) is 0 Å². The number of hydrogen-bond acceptors (Lipinski definition) is 9. The number of aromatic nitrogens is 3. The summed E-state index contributed by atoms with van der Waals surface area (Å²) in [7, 11) is 0. The lowest BCUT2D eigenvalue weighted by Gasteiger charge is -2.42. The Hall–Kier alpha value is -3.59. The summed E-state index contributed by atoms with van der Waals surface area (Å²) in [5, 5.41) is 3.71. The largest absolute Gasteiger partial charge is 0.472 e. The number of nitrogens with one attached hydrogen (secondary N) is 1. The van der Waals surface area contributed by atoms with Crippen LogP contribution in [0.1, 0.15) is 50.2 Å². The number of piperazine rings is 1. The molecule has 2 bridgehead atoms. The summed E-state index contributed by atoms with van der Waals surface area (Å²) in [6, 6.07) is 0.576. The molecule has 7 heterocycles. The highest BCUT2D eigenvalue weighted by Crippen LogP contribution is 2.47. The number of alkyl halides is 4. The van der Waals surface area contributed by atoms with E-state index in [1.54, 1.807) is 0 Å². The molecule has 4 fully saturated rings. The molecule has 3 N–H and O–H groups in total. The van der Waals surface area contributed by atoms with Crippen LogP contribution < -0.4 is 25.4 Å². The van der Waals surface area contributed by atoms with Crippen molar-refractivity contribution in [3.8, 4) is 23.1 Å². The van der Waals surface area contributed by atoms with E-state index in [2.05, 4.69) is 20.2 Å². The Morgan fingerprint density at radius 3 is 2.67 bits per heavy atom. The number of anilines is 2. The minimum Gasteiger partial charge on any atom is -0.472 e. The average Bonchev–Trinajstić information content (AvgIpc) is 3.66. The number of halogens is 6. The summed E-state index contributed by atoms with van der Waals surface area (Å²) in [5.74, 6) is -2.23. The maximum atomic E-state index is 16.7. The van der Waals surface area contributed by atoms with E-state index in [0.29, 0.717) is 25.3 Å². The summed E-state index contributed by atoms with van der Waals surface area (Å²) in [6.07, 6.45) is -2.55. The lowest BCUT2D eigenvalue weighted by Crippen LogP contribution is -2.62. The van der Waals surface area contributed by atoms with E-state index in [0.717, 1.165) is 38.7 Å². The fourth-order valence-corrected chi connectivity index (χ4v) is 8.42. The Balaban J connectivity index is 1.30. The van der Waals surface area contributed by atoms with Gasteiger partial charge in [0.05, 0.1) is 17.3 Å².